The summed E-state index contributed by atoms with van der Waals surface area (Å²) < 4.78 is 24.3. The molecular weight excluding hydrogens is 396 g/mol. The smallest absolute Gasteiger partial charge is 0.177 e. The van der Waals surface area contributed by atoms with Gasteiger partial charge in [0.1, 0.15) is 0 Å². The fourth-order valence-electron chi connectivity index (χ4n) is 3.70. The van der Waals surface area contributed by atoms with Crippen molar-refractivity contribution in [2.24, 2.45) is 0 Å². The summed E-state index contributed by atoms with van der Waals surface area (Å²) in [6.07, 6.45) is 6.26. The largest absolute Gasteiger partial charge is 0.297 e. The molecule has 2 aromatic heterocycles. The van der Waals surface area contributed by atoms with Crippen LogP contribution in [0, 0.1) is 0 Å². The first-order chi connectivity index (χ1) is 13.4. The van der Waals surface area contributed by atoms with E-state index in [-0.39, 0.29) is 10.8 Å². The number of hydrogen-bond donors (Lipinski definition) is 0. The third-order valence-electron chi connectivity index (χ3n) is 5.11. The van der Waals surface area contributed by atoms with E-state index < -0.39 is 9.84 Å². The van der Waals surface area contributed by atoms with Gasteiger partial charge in [-0.25, -0.2) is 13.4 Å². The maximum Gasteiger partial charge on any atom is 0.177 e. The number of sulfone groups is 1. The van der Waals surface area contributed by atoms with Crippen LogP contribution in [0.3, 0.4) is 0 Å². The number of fused-ring (bicyclic) bond motifs is 1. The molecule has 0 spiro atoms. The van der Waals surface area contributed by atoms with E-state index in [1.807, 2.05) is 30.5 Å². The zero-order valence-corrected chi connectivity index (χ0v) is 17.1. The average Bonchev–Trinajstić information content (AvgIpc) is 2.68. The molecule has 1 fully saturated rings. The average molecular weight is 417 g/mol. The Bertz CT molecular complexity index is 1110. The summed E-state index contributed by atoms with van der Waals surface area (Å²) in [5, 5.41) is 0.344. The van der Waals surface area contributed by atoms with Crippen LogP contribution in [0.2, 0.25) is 5.02 Å². The first-order valence-electron chi connectivity index (χ1n) is 9.18. The molecule has 0 N–H and O–H groups in total. The molecule has 8 heteroatoms. The van der Waals surface area contributed by atoms with E-state index >= 15 is 0 Å². The number of likely N-dealkylation sites (tertiary alicyclic amines) is 1. The molecule has 0 saturated carbocycles. The maximum absolute atomic E-state index is 12.1. The van der Waals surface area contributed by atoms with Gasteiger partial charge in [-0.15, -0.1) is 0 Å². The van der Waals surface area contributed by atoms with E-state index in [2.05, 4.69) is 14.9 Å². The molecule has 1 saturated heterocycles. The second-order valence-electron chi connectivity index (χ2n) is 7.21. The van der Waals surface area contributed by atoms with Crippen LogP contribution in [0.5, 0.6) is 0 Å². The number of halogens is 1. The molecule has 3 aromatic rings. The van der Waals surface area contributed by atoms with Gasteiger partial charge in [0.25, 0.3) is 0 Å². The number of nitrogens with zero attached hydrogens (tertiary/aromatic N) is 4. The summed E-state index contributed by atoms with van der Waals surface area (Å²) in [5.74, 6) is 0.112. The standard InChI is InChI=1S/C20H21ClN4O2S/c1-28(26,27)19-10-15(21)11-23-20(19)14-6-8-25(9-7-14)13-16-12-22-17-4-2-3-5-18(17)24-16/h2-5,10-12,14H,6-9,13H2,1H3. The molecular formula is C20H21ClN4O2S. The molecule has 1 aromatic carbocycles. The highest BCUT2D eigenvalue weighted by Crippen LogP contribution is 2.32. The lowest BCUT2D eigenvalue weighted by Crippen LogP contribution is -2.33. The zero-order chi connectivity index (χ0) is 19.7. The number of aromatic nitrogens is 3. The third kappa shape index (κ3) is 4.16. The van der Waals surface area contributed by atoms with Gasteiger partial charge in [-0.3, -0.25) is 14.9 Å². The molecule has 0 bridgehead atoms. The van der Waals surface area contributed by atoms with Gasteiger partial charge in [-0.05, 0) is 44.1 Å². The highest BCUT2D eigenvalue weighted by atomic mass is 35.5. The summed E-state index contributed by atoms with van der Waals surface area (Å²) >= 11 is 5.97. The number of piperidine rings is 1. The molecule has 0 radical (unpaired) electrons. The summed E-state index contributed by atoms with van der Waals surface area (Å²) in [6, 6.07) is 9.35. The van der Waals surface area contributed by atoms with Crippen LogP contribution in [-0.2, 0) is 16.4 Å². The lowest BCUT2D eigenvalue weighted by atomic mass is 9.93. The van der Waals surface area contributed by atoms with Crippen molar-refractivity contribution in [3.63, 3.8) is 0 Å². The van der Waals surface area contributed by atoms with Gasteiger partial charge in [-0.2, -0.15) is 0 Å². The molecule has 0 amide bonds. The van der Waals surface area contributed by atoms with Crippen LogP contribution in [0.25, 0.3) is 11.0 Å². The molecule has 0 atom stereocenters. The Hall–Kier alpha value is -2.09. The Morgan fingerprint density at radius 1 is 1.11 bits per heavy atom. The molecule has 0 unspecified atom stereocenters. The number of benzene rings is 1. The van der Waals surface area contributed by atoms with Crippen molar-refractivity contribution in [2.75, 3.05) is 19.3 Å². The molecule has 146 valence electrons. The summed E-state index contributed by atoms with van der Waals surface area (Å²) in [6.45, 7) is 2.44. The molecule has 1 aliphatic rings. The Balaban J connectivity index is 1.46. The summed E-state index contributed by atoms with van der Waals surface area (Å²) in [4.78, 5) is 16.1. The van der Waals surface area contributed by atoms with E-state index in [1.54, 1.807) is 0 Å². The van der Waals surface area contributed by atoms with E-state index in [0.29, 0.717) is 10.7 Å². The SMILES string of the molecule is CS(=O)(=O)c1cc(Cl)cnc1C1CCN(Cc2cnc3ccccc3n2)CC1. The first kappa shape index (κ1) is 19.2. The van der Waals surface area contributed by atoms with Crippen molar-refractivity contribution in [3.8, 4) is 0 Å². The van der Waals surface area contributed by atoms with E-state index in [1.165, 1.54) is 18.5 Å². The predicted molar refractivity (Wildman–Crippen MR) is 109 cm³/mol. The second kappa shape index (κ2) is 7.73. The normalized spacial score (nSPS) is 16.5. The van der Waals surface area contributed by atoms with Crippen LogP contribution in [0.15, 0.2) is 47.6 Å². The fraction of sp³-hybridized carbons (Fsp3) is 0.350. The minimum Gasteiger partial charge on any atom is -0.297 e. The molecule has 0 aliphatic carbocycles. The Labute approximate surface area is 169 Å². The van der Waals surface area contributed by atoms with Gasteiger partial charge in [0.15, 0.2) is 9.84 Å². The van der Waals surface area contributed by atoms with Gasteiger partial charge in [0.2, 0.25) is 0 Å². The van der Waals surface area contributed by atoms with Gasteiger partial charge in [0.05, 0.1) is 38.5 Å². The summed E-state index contributed by atoms with van der Waals surface area (Å²) in [7, 11) is -3.37. The van der Waals surface area contributed by atoms with Crippen LogP contribution in [-0.4, -0.2) is 47.6 Å². The third-order valence-corrected chi connectivity index (χ3v) is 6.44. The van der Waals surface area contributed by atoms with E-state index in [9.17, 15) is 8.42 Å². The Kier molecular flexibility index (Phi) is 5.31. The number of rotatable bonds is 4. The highest BCUT2D eigenvalue weighted by molar-refractivity contribution is 7.90. The predicted octanol–water partition coefficient (Wildman–Crippen LogP) is 3.46. The second-order valence-corrected chi connectivity index (χ2v) is 9.63. The lowest BCUT2D eigenvalue weighted by molar-refractivity contribution is 0.200. The molecule has 4 rings (SSSR count). The first-order valence-corrected chi connectivity index (χ1v) is 11.5. The van der Waals surface area contributed by atoms with E-state index in [4.69, 9.17) is 16.6 Å². The fourth-order valence-corrected chi connectivity index (χ4v) is 4.86. The van der Waals surface area contributed by atoms with Gasteiger partial charge < -0.3 is 0 Å². The topological polar surface area (TPSA) is 76.1 Å². The van der Waals surface area contributed by atoms with Crippen molar-refractivity contribution in [1.82, 2.24) is 19.9 Å². The quantitative estimate of drug-likeness (QED) is 0.648. The van der Waals surface area contributed by atoms with Crippen molar-refractivity contribution < 1.29 is 8.42 Å². The van der Waals surface area contributed by atoms with Crippen LogP contribution >= 0.6 is 11.6 Å². The zero-order valence-electron chi connectivity index (χ0n) is 15.5. The molecule has 3 heterocycles. The van der Waals surface area contributed by atoms with Crippen molar-refractivity contribution >= 4 is 32.5 Å². The monoisotopic (exact) mass is 416 g/mol. The van der Waals surface area contributed by atoms with Crippen molar-refractivity contribution in [2.45, 2.75) is 30.2 Å². The van der Waals surface area contributed by atoms with Crippen LogP contribution in [0.4, 0.5) is 0 Å². The van der Waals surface area contributed by atoms with Gasteiger partial charge in [-0.1, -0.05) is 23.7 Å². The van der Waals surface area contributed by atoms with E-state index in [0.717, 1.165) is 49.2 Å². The minimum absolute atomic E-state index is 0.112. The van der Waals surface area contributed by atoms with Crippen LogP contribution < -0.4 is 0 Å². The van der Waals surface area contributed by atoms with Gasteiger partial charge >= 0.3 is 0 Å². The lowest BCUT2D eigenvalue weighted by Gasteiger charge is -2.32. The number of hydrogen-bond acceptors (Lipinski definition) is 6. The Morgan fingerprint density at radius 2 is 1.82 bits per heavy atom. The molecule has 28 heavy (non-hydrogen) atoms. The molecule has 6 nitrogen and oxygen atoms in total. The molecule has 1 aliphatic heterocycles. The summed E-state index contributed by atoms with van der Waals surface area (Å²) in [5.41, 5.74) is 3.38. The van der Waals surface area contributed by atoms with Crippen molar-refractivity contribution in [1.29, 1.82) is 0 Å². The van der Waals surface area contributed by atoms with Crippen LogP contribution in [0.1, 0.15) is 30.1 Å². The Morgan fingerprint density at radius 3 is 2.54 bits per heavy atom. The van der Waals surface area contributed by atoms with Crippen molar-refractivity contribution in [3.05, 3.63) is 59.1 Å². The minimum atomic E-state index is -3.37. The number of pyridine rings is 1. The maximum atomic E-state index is 12.1. The number of para-hydroxylation sites is 2. The highest BCUT2D eigenvalue weighted by Gasteiger charge is 2.27. The van der Waals surface area contributed by atoms with Gasteiger partial charge in [0, 0.05) is 24.9 Å².